The van der Waals surface area contributed by atoms with Gasteiger partial charge in [0.1, 0.15) is 17.6 Å². The fourth-order valence-corrected chi connectivity index (χ4v) is 4.01. The zero-order valence-corrected chi connectivity index (χ0v) is 16.1. The van der Waals surface area contributed by atoms with Crippen molar-refractivity contribution in [3.05, 3.63) is 59.8 Å². The molecule has 146 valence electrons. The molecule has 2 aliphatic rings. The van der Waals surface area contributed by atoms with Gasteiger partial charge in [0.05, 0.1) is 16.8 Å². The minimum Gasteiger partial charge on any atom is -0.353 e. The van der Waals surface area contributed by atoms with E-state index in [0.29, 0.717) is 22.4 Å². The number of hydrogen-bond acceptors (Lipinski definition) is 5. The Morgan fingerprint density at radius 2 is 2.00 bits per heavy atom. The summed E-state index contributed by atoms with van der Waals surface area (Å²) in [6.45, 7) is 3.90. The van der Waals surface area contributed by atoms with Gasteiger partial charge in [-0.15, -0.1) is 5.10 Å². The van der Waals surface area contributed by atoms with Crippen LogP contribution >= 0.6 is 0 Å². The Morgan fingerprint density at radius 1 is 1.17 bits per heavy atom. The molecule has 1 saturated carbocycles. The Bertz CT molecular complexity index is 1120. The molecule has 7 heteroatoms. The first-order chi connectivity index (χ1) is 14.2. The van der Waals surface area contributed by atoms with Gasteiger partial charge in [-0.25, -0.2) is 4.52 Å². The second kappa shape index (κ2) is 6.90. The molecule has 3 heterocycles. The second-order valence-electron chi connectivity index (χ2n) is 7.96. The SMILES string of the molecule is N#Cc1ccccc1NC(=O)c1ccc2ccc(N3CCNCC4(CC4)C3)nn12. The molecule has 5 rings (SSSR count). The summed E-state index contributed by atoms with van der Waals surface area (Å²) in [5.41, 5.74) is 2.62. The molecule has 0 bridgehead atoms. The van der Waals surface area contributed by atoms with E-state index in [1.54, 1.807) is 34.8 Å². The van der Waals surface area contributed by atoms with Crippen LogP contribution in [0.1, 0.15) is 28.9 Å². The lowest BCUT2D eigenvalue weighted by Crippen LogP contribution is -2.32. The van der Waals surface area contributed by atoms with Crippen LogP contribution in [-0.4, -0.2) is 41.7 Å². The maximum atomic E-state index is 12.9. The van der Waals surface area contributed by atoms with Crippen molar-refractivity contribution in [2.24, 2.45) is 5.41 Å². The zero-order valence-electron chi connectivity index (χ0n) is 16.1. The Hall–Kier alpha value is -3.37. The number of amides is 1. The molecule has 29 heavy (non-hydrogen) atoms. The van der Waals surface area contributed by atoms with Crippen molar-refractivity contribution in [3.63, 3.8) is 0 Å². The highest BCUT2D eigenvalue weighted by Gasteiger charge is 2.44. The highest BCUT2D eigenvalue weighted by Crippen LogP contribution is 2.46. The van der Waals surface area contributed by atoms with Crippen molar-refractivity contribution in [2.45, 2.75) is 12.8 Å². The van der Waals surface area contributed by atoms with Crippen LogP contribution in [0.5, 0.6) is 0 Å². The molecule has 1 aliphatic heterocycles. The minimum atomic E-state index is -0.284. The molecule has 2 aromatic heterocycles. The lowest BCUT2D eigenvalue weighted by molar-refractivity contribution is 0.102. The van der Waals surface area contributed by atoms with Crippen molar-refractivity contribution in [1.29, 1.82) is 5.26 Å². The van der Waals surface area contributed by atoms with Gasteiger partial charge in [-0.05, 0) is 49.2 Å². The first-order valence-corrected chi connectivity index (χ1v) is 9.92. The number of hydrogen-bond donors (Lipinski definition) is 2. The monoisotopic (exact) mass is 386 g/mol. The Balaban J connectivity index is 1.45. The molecule has 1 amide bonds. The van der Waals surface area contributed by atoms with Crippen LogP contribution in [0.4, 0.5) is 11.5 Å². The molecule has 2 N–H and O–H groups in total. The van der Waals surface area contributed by atoms with E-state index in [4.69, 9.17) is 5.10 Å². The third kappa shape index (κ3) is 3.32. The molecule has 3 aromatic rings. The van der Waals surface area contributed by atoms with Crippen LogP contribution in [0.25, 0.3) is 5.52 Å². The fourth-order valence-electron chi connectivity index (χ4n) is 4.01. The number of anilines is 2. The summed E-state index contributed by atoms with van der Waals surface area (Å²) in [5.74, 6) is 0.601. The first-order valence-electron chi connectivity index (χ1n) is 9.92. The Morgan fingerprint density at radius 3 is 2.83 bits per heavy atom. The molecule has 0 radical (unpaired) electrons. The summed E-state index contributed by atoms with van der Waals surface area (Å²) >= 11 is 0. The molecule has 1 saturated heterocycles. The molecule has 0 atom stereocenters. The summed E-state index contributed by atoms with van der Waals surface area (Å²) in [4.78, 5) is 15.2. The van der Waals surface area contributed by atoms with Crippen molar-refractivity contribution >= 4 is 22.9 Å². The van der Waals surface area contributed by atoms with E-state index in [2.05, 4.69) is 21.6 Å². The topological polar surface area (TPSA) is 85.5 Å². The zero-order chi connectivity index (χ0) is 19.8. The van der Waals surface area contributed by atoms with Crippen molar-refractivity contribution in [2.75, 3.05) is 36.4 Å². The largest absolute Gasteiger partial charge is 0.353 e. The highest BCUT2D eigenvalue weighted by molar-refractivity contribution is 6.04. The van der Waals surface area contributed by atoms with Gasteiger partial charge in [-0.1, -0.05) is 12.1 Å². The third-order valence-corrected chi connectivity index (χ3v) is 5.88. The van der Waals surface area contributed by atoms with E-state index in [1.807, 2.05) is 18.2 Å². The average Bonchev–Trinajstić information content (AvgIpc) is 3.44. The van der Waals surface area contributed by atoms with Gasteiger partial charge in [0, 0.05) is 31.6 Å². The number of aromatic nitrogens is 2. The van der Waals surface area contributed by atoms with Crippen LogP contribution in [0.2, 0.25) is 0 Å². The van der Waals surface area contributed by atoms with Crippen LogP contribution in [0.15, 0.2) is 48.5 Å². The quantitative estimate of drug-likeness (QED) is 0.723. The van der Waals surface area contributed by atoms with Gasteiger partial charge in [-0.2, -0.15) is 5.26 Å². The number of nitrogens with one attached hydrogen (secondary N) is 2. The number of rotatable bonds is 3. The third-order valence-electron chi connectivity index (χ3n) is 5.88. The number of para-hydroxylation sites is 1. The van der Waals surface area contributed by atoms with Gasteiger partial charge in [0.15, 0.2) is 0 Å². The maximum absolute atomic E-state index is 12.9. The lowest BCUT2D eigenvalue weighted by atomic mass is 10.1. The molecule has 2 fully saturated rings. The maximum Gasteiger partial charge on any atom is 0.274 e. The van der Waals surface area contributed by atoms with Crippen LogP contribution < -0.4 is 15.5 Å². The Kier molecular flexibility index (Phi) is 4.22. The number of carbonyl (C=O) groups excluding carboxylic acids is 1. The molecule has 1 aliphatic carbocycles. The minimum absolute atomic E-state index is 0.284. The molecule has 1 spiro atoms. The van der Waals surface area contributed by atoms with Gasteiger partial charge in [0.2, 0.25) is 0 Å². The van der Waals surface area contributed by atoms with Crippen molar-refractivity contribution in [1.82, 2.24) is 14.9 Å². The van der Waals surface area contributed by atoms with Gasteiger partial charge in [0.25, 0.3) is 5.91 Å². The summed E-state index contributed by atoms with van der Waals surface area (Å²) in [5, 5.41) is 20.4. The second-order valence-corrected chi connectivity index (χ2v) is 7.96. The van der Waals surface area contributed by atoms with E-state index in [1.165, 1.54) is 12.8 Å². The summed E-state index contributed by atoms with van der Waals surface area (Å²) < 4.78 is 1.69. The smallest absolute Gasteiger partial charge is 0.274 e. The molecular weight excluding hydrogens is 364 g/mol. The highest BCUT2D eigenvalue weighted by atomic mass is 16.2. The predicted molar refractivity (Wildman–Crippen MR) is 111 cm³/mol. The molecule has 7 nitrogen and oxygen atoms in total. The number of nitriles is 1. The number of benzene rings is 1. The van der Waals surface area contributed by atoms with Crippen molar-refractivity contribution < 1.29 is 4.79 Å². The number of nitrogens with zero attached hydrogens (tertiary/aromatic N) is 4. The lowest BCUT2D eigenvalue weighted by Gasteiger charge is -2.24. The predicted octanol–water partition coefficient (Wildman–Crippen LogP) is 2.65. The van der Waals surface area contributed by atoms with Crippen LogP contribution in [0, 0.1) is 16.7 Å². The van der Waals surface area contributed by atoms with Crippen molar-refractivity contribution in [3.8, 4) is 6.07 Å². The summed E-state index contributed by atoms with van der Waals surface area (Å²) in [6, 6.07) is 16.8. The van der Waals surface area contributed by atoms with Crippen LogP contribution in [0.3, 0.4) is 0 Å². The van der Waals surface area contributed by atoms with Gasteiger partial charge >= 0.3 is 0 Å². The van der Waals surface area contributed by atoms with Crippen LogP contribution in [-0.2, 0) is 0 Å². The van der Waals surface area contributed by atoms with Gasteiger partial charge < -0.3 is 15.5 Å². The summed E-state index contributed by atoms with van der Waals surface area (Å²) in [7, 11) is 0. The van der Waals surface area contributed by atoms with E-state index in [9.17, 15) is 10.1 Å². The first kappa shape index (κ1) is 17.7. The number of fused-ring (bicyclic) bond motifs is 1. The normalized spacial score (nSPS) is 17.7. The van der Waals surface area contributed by atoms with E-state index < -0.39 is 0 Å². The van der Waals surface area contributed by atoms with Gasteiger partial charge in [-0.3, -0.25) is 4.79 Å². The molecule has 0 unspecified atom stereocenters. The fraction of sp³-hybridized carbons (Fsp3) is 0.318. The van der Waals surface area contributed by atoms with E-state index in [-0.39, 0.29) is 5.91 Å². The van der Waals surface area contributed by atoms with E-state index >= 15 is 0 Å². The standard InChI is InChI=1S/C22H22N6O/c23-13-16-3-1-2-4-18(16)25-21(29)19-7-5-17-6-8-20(26-28(17)19)27-12-11-24-14-22(15-27)9-10-22/h1-8,24H,9-12,14-15H2,(H,25,29). The number of carbonyl (C=O) groups is 1. The molecular formula is C22H22N6O. The average molecular weight is 386 g/mol. The van der Waals surface area contributed by atoms with E-state index in [0.717, 1.165) is 37.5 Å². The Labute approximate surface area is 168 Å². The molecule has 1 aromatic carbocycles. The summed E-state index contributed by atoms with van der Waals surface area (Å²) in [6.07, 6.45) is 2.52.